The standard InChI is InChI=1S/C20H31OP.BF4/c1-2-21-19-15-9-10-16-20(19)22(17-11-5-3-6-12-17)18-13-7-4-8-14-18;2-1(3,4)5/h9-10,15-18H,2-8,11-14H2,1H3;/q;-1/p+1. The van der Waals surface area contributed by atoms with Crippen LogP contribution in [0.15, 0.2) is 24.3 Å². The van der Waals surface area contributed by atoms with Crippen LogP contribution in [0.5, 0.6) is 5.75 Å². The Morgan fingerprint density at radius 2 is 1.30 bits per heavy atom. The predicted octanol–water partition coefficient (Wildman–Crippen LogP) is 6.89. The molecule has 3 rings (SSSR count). The van der Waals surface area contributed by atoms with Gasteiger partial charge in [0.2, 0.25) is 0 Å². The highest BCUT2D eigenvalue weighted by Crippen LogP contribution is 2.56. The van der Waals surface area contributed by atoms with Gasteiger partial charge in [-0.05, 0) is 70.4 Å². The molecule has 0 N–H and O–H groups in total. The quantitative estimate of drug-likeness (QED) is 0.294. The van der Waals surface area contributed by atoms with E-state index in [4.69, 9.17) is 4.74 Å². The van der Waals surface area contributed by atoms with Gasteiger partial charge in [0.25, 0.3) is 0 Å². The van der Waals surface area contributed by atoms with Crippen LogP contribution in [-0.2, 0) is 0 Å². The molecule has 0 aromatic heterocycles. The molecule has 2 aliphatic carbocycles. The van der Waals surface area contributed by atoms with Gasteiger partial charge in [-0.15, -0.1) is 0 Å². The first-order valence-electron chi connectivity index (χ1n) is 10.4. The number of halogens is 4. The maximum atomic E-state index is 9.75. The predicted molar refractivity (Wildman–Crippen MR) is 109 cm³/mol. The Balaban J connectivity index is 0.000000465. The summed E-state index contributed by atoms with van der Waals surface area (Å²) in [5.74, 6) is 1.20. The van der Waals surface area contributed by atoms with Crippen LogP contribution in [0.25, 0.3) is 0 Å². The molecular weight excluding hydrogens is 374 g/mol. The van der Waals surface area contributed by atoms with Gasteiger partial charge in [0, 0.05) is 7.92 Å². The summed E-state index contributed by atoms with van der Waals surface area (Å²) in [6.45, 7) is 2.91. The molecule has 2 saturated carbocycles. The fraction of sp³-hybridized carbons (Fsp3) is 0.700. The largest absolute Gasteiger partial charge is 0.673 e. The van der Waals surface area contributed by atoms with Gasteiger partial charge in [-0.3, -0.25) is 0 Å². The van der Waals surface area contributed by atoms with Gasteiger partial charge < -0.3 is 22.0 Å². The lowest BCUT2D eigenvalue weighted by Crippen LogP contribution is -2.27. The van der Waals surface area contributed by atoms with E-state index in [9.17, 15) is 17.3 Å². The molecule has 0 atom stereocenters. The summed E-state index contributed by atoms with van der Waals surface area (Å²) < 4.78 is 45.0. The Labute approximate surface area is 162 Å². The zero-order valence-electron chi connectivity index (χ0n) is 16.2. The van der Waals surface area contributed by atoms with Crippen LogP contribution >= 0.6 is 7.92 Å². The van der Waals surface area contributed by atoms with Crippen LogP contribution < -0.4 is 10.0 Å². The minimum Gasteiger partial charge on any atom is -0.490 e. The van der Waals surface area contributed by atoms with E-state index >= 15 is 0 Å². The minimum absolute atomic E-state index is 0.500. The number of para-hydroxylation sites is 1. The highest BCUT2D eigenvalue weighted by molar-refractivity contribution is 7.67. The number of ether oxygens (including phenoxy) is 1. The molecule has 7 heteroatoms. The summed E-state index contributed by atoms with van der Waals surface area (Å²) in [5.41, 5.74) is 1.98. The van der Waals surface area contributed by atoms with E-state index in [0.717, 1.165) is 17.9 Å². The Bertz CT molecular complexity index is 519. The lowest BCUT2D eigenvalue weighted by Gasteiger charge is -2.32. The monoisotopic (exact) mass is 406 g/mol. The van der Waals surface area contributed by atoms with Gasteiger partial charge in [0.15, 0.2) is 5.75 Å². The first-order chi connectivity index (χ1) is 12.9. The first-order valence-corrected chi connectivity index (χ1v) is 12.0. The SMILES string of the molecule is CCOc1ccccc1[PH+](C1CCCCC1)C1CCCCC1.F[B-](F)(F)F. The molecule has 0 heterocycles. The van der Waals surface area contributed by atoms with Gasteiger partial charge in [-0.25, -0.2) is 0 Å². The van der Waals surface area contributed by atoms with E-state index in [1.54, 1.807) is 5.30 Å². The van der Waals surface area contributed by atoms with Gasteiger partial charge in [0.1, 0.15) is 5.30 Å². The second-order valence-corrected chi connectivity index (χ2v) is 10.6. The van der Waals surface area contributed by atoms with E-state index in [-0.39, 0.29) is 0 Å². The molecule has 1 aromatic carbocycles. The Hall–Kier alpha value is -0.765. The van der Waals surface area contributed by atoms with E-state index in [1.165, 1.54) is 70.0 Å². The fourth-order valence-corrected chi connectivity index (χ4v) is 8.92. The van der Waals surface area contributed by atoms with E-state index < -0.39 is 15.2 Å². The van der Waals surface area contributed by atoms with Crippen molar-refractivity contribution < 1.29 is 22.0 Å². The summed E-state index contributed by atoms with van der Waals surface area (Å²) in [7, 11) is -6.50. The summed E-state index contributed by atoms with van der Waals surface area (Å²) >= 11 is 0. The molecule has 2 aliphatic rings. The molecule has 0 amide bonds. The van der Waals surface area contributed by atoms with Crippen LogP contribution in [-0.4, -0.2) is 25.2 Å². The molecule has 154 valence electrons. The minimum atomic E-state index is -6.00. The van der Waals surface area contributed by atoms with Crippen molar-refractivity contribution >= 4 is 20.5 Å². The average molecular weight is 406 g/mol. The average Bonchev–Trinajstić information content (AvgIpc) is 2.64. The van der Waals surface area contributed by atoms with Crippen LogP contribution in [0.1, 0.15) is 71.1 Å². The fourth-order valence-electron chi connectivity index (χ4n) is 4.59. The smallest absolute Gasteiger partial charge is 0.490 e. The van der Waals surface area contributed by atoms with Crippen molar-refractivity contribution in [3.63, 3.8) is 0 Å². The molecular formula is C20H32BF4OP. The third-order valence-corrected chi connectivity index (χ3v) is 9.54. The molecule has 1 aromatic rings. The van der Waals surface area contributed by atoms with Gasteiger partial charge in [-0.2, -0.15) is 0 Å². The van der Waals surface area contributed by atoms with Crippen molar-refractivity contribution in [3.8, 4) is 5.75 Å². The van der Waals surface area contributed by atoms with Crippen LogP contribution in [0.3, 0.4) is 0 Å². The van der Waals surface area contributed by atoms with Crippen molar-refractivity contribution in [1.29, 1.82) is 0 Å². The van der Waals surface area contributed by atoms with Gasteiger partial charge in [0.05, 0.1) is 17.9 Å². The summed E-state index contributed by atoms with van der Waals surface area (Å²) in [6.07, 6.45) is 14.7. The molecule has 1 nitrogen and oxygen atoms in total. The number of rotatable bonds is 5. The zero-order valence-corrected chi connectivity index (χ0v) is 17.2. The van der Waals surface area contributed by atoms with Crippen molar-refractivity contribution in [3.05, 3.63) is 24.3 Å². The van der Waals surface area contributed by atoms with Crippen LogP contribution in [0, 0.1) is 0 Å². The van der Waals surface area contributed by atoms with Crippen molar-refractivity contribution in [1.82, 2.24) is 0 Å². The van der Waals surface area contributed by atoms with Crippen molar-refractivity contribution in [2.24, 2.45) is 0 Å². The highest BCUT2D eigenvalue weighted by Gasteiger charge is 2.40. The molecule has 0 saturated heterocycles. The maximum absolute atomic E-state index is 9.75. The number of hydrogen-bond donors (Lipinski definition) is 0. The second-order valence-electron chi connectivity index (χ2n) is 7.55. The van der Waals surface area contributed by atoms with Crippen molar-refractivity contribution in [2.45, 2.75) is 82.4 Å². The lowest BCUT2D eigenvalue weighted by molar-refractivity contribution is 0.343. The van der Waals surface area contributed by atoms with Crippen LogP contribution in [0.4, 0.5) is 17.3 Å². The van der Waals surface area contributed by atoms with Gasteiger partial charge >= 0.3 is 7.25 Å². The molecule has 0 spiro atoms. The first kappa shape index (κ1) is 22.5. The number of hydrogen-bond acceptors (Lipinski definition) is 1. The van der Waals surface area contributed by atoms with Crippen molar-refractivity contribution in [2.75, 3.05) is 6.61 Å². The van der Waals surface area contributed by atoms with Crippen LogP contribution in [0.2, 0.25) is 0 Å². The molecule has 0 aliphatic heterocycles. The van der Waals surface area contributed by atoms with E-state index in [1.807, 2.05) is 0 Å². The topological polar surface area (TPSA) is 9.23 Å². The van der Waals surface area contributed by atoms with Gasteiger partial charge in [-0.1, -0.05) is 25.0 Å². The molecule has 0 bridgehead atoms. The highest BCUT2D eigenvalue weighted by atomic mass is 31.1. The Morgan fingerprint density at radius 3 is 1.74 bits per heavy atom. The maximum Gasteiger partial charge on any atom is 0.673 e. The summed E-state index contributed by atoms with van der Waals surface area (Å²) in [5, 5.41) is 1.62. The third kappa shape index (κ3) is 8.01. The number of benzene rings is 1. The summed E-state index contributed by atoms with van der Waals surface area (Å²) in [4.78, 5) is 0. The normalized spacial score (nSPS) is 19.5. The molecule has 2 fully saturated rings. The lowest BCUT2D eigenvalue weighted by atomic mass is 9.99. The molecule has 27 heavy (non-hydrogen) atoms. The van der Waals surface area contributed by atoms with E-state index in [0.29, 0.717) is 0 Å². The zero-order chi connectivity index (χ0) is 19.7. The Morgan fingerprint density at radius 1 is 0.852 bits per heavy atom. The molecule has 0 radical (unpaired) electrons. The third-order valence-electron chi connectivity index (χ3n) is 5.59. The molecule has 0 unspecified atom stereocenters. The second kappa shape index (κ2) is 11.3. The van der Waals surface area contributed by atoms with E-state index in [2.05, 4.69) is 31.2 Å². The summed E-state index contributed by atoms with van der Waals surface area (Å²) in [6, 6.07) is 9.02. The Kier molecular flexibility index (Phi) is 9.42.